The Hall–Kier alpha value is -2.27. The highest BCUT2D eigenvalue weighted by molar-refractivity contribution is 7.89. The first-order valence-corrected chi connectivity index (χ1v) is 13.5. The maximum Gasteiger partial charge on any atom is 0.248 e. The zero-order chi connectivity index (χ0) is 24.1. The van der Waals surface area contributed by atoms with Gasteiger partial charge in [-0.15, -0.1) is 0 Å². The summed E-state index contributed by atoms with van der Waals surface area (Å²) in [5.74, 6) is -0.124. The molecule has 0 radical (unpaired) electrons. The maximum absolute atomic E-state index is 13.1. The van der Waals surface area contributed by atoms with Gasteiger partial charge >= 0.3 is 0 Å². The minimum Gasteiger partial charge on any atom is -0.360 e. The van der Waals surface area contributed by atoms with Gasteiger partial charge in [-0.2, -0.15) is 4.31 Å². The van der Waals surface area contributed by atoms with Crippen LogP contribution in [-0.2, 0) is 21.4 Å². The van der Waals surface area contributed by atoms with Crippen molar-refractivity contribution in [2.24, 2.45) is 5.92 Å². The number of hydrogen-bond acceptors (Lipinski definition) is 7. The van der Waals surface area contributed by atoms with Gasteiger partial charge in [0.2, 0.25) is 15.9 Å². The number of piperidine rings is 1. The van der Waals surface area contributed by atoms with Crippen LogP contribution in [-0.4, -0.2) is 85.9 Å². The third-order valence-electron chi connectivity index (χ3n) is 6.76. The summed E-state index contributed by atoms with van der Waals surface area (Å²) in [5.41, 5.74) is 1.69. The van der Waals surface area contributed by atoms with Crippen LogP contribution < -0.4 is 5.32 Å². The summed E-state index contributed by atoms with van der Waals surface area (Å²) in [5, 5.41) is 6.81. The summed E-state index contributed by atoms with van der Waals surface area (Å²) in [7, 11) is -3.73. The van der Waals surface area contributed by atoms with Crippen molar-refractivity contribution in [3.63, 3.8) is 0 Å². The summed E-state index contributed by atoms with van der Waals surface area (Å²) in [4.78, 5) is 17.8. The van der Waals surface area contributed by atoms with E-state index in [4.69, 9.17) is 4.52 Å². The molecule has 1 unspecified atom stereocenters. The van der Waals surface area contributed by atoms with Crippen LogP contribution in [0, 0.1) is 19.8 Å². The molecule has 1 amide bonds. The number of hydrogen-bond donors (Lipinski definition) is 1. The number of aromatic nitrogens is 1. The molecule has 186 valence electrons. The van der Waals surface area contributed by atoms with Crippen molar-refractivity contribution in [1.29, 1.82) is 0 Å². The zero-order valence-electron chi connectivity index (χ0n) is 20.1. The first-order chi connectivity index (χ1) is 16.3. The third kappa shape index (κ3) is 5.86. The number of piperazine rings is 1. The number of carbonyl (C=O) groups excluding carboxylic acids is 1. The van der Waals surface area contributed by atoms with Crippen molar-refractivity contribution in [1.82, 2.24) is 24.6 Å². The van der Waals surface area contributed by atoms with Gasteiger partial charge < -0.3 is 9.84 Å². The first-order valence-electron chi connectivity index (χ1n) is 12.0. The molecule has 34 heavy (non-hydrogen) atoms. The van der Waals surface area contributed by atoms with Crippen LogP contribution in [0.25, 0.3) is 0 Å². The molecule has 0 saturated carbocycles. The summed E-state index contributed by atoms with van der Waals surface area (Å²) >= 11 is 0. The highest BCUT2D eigenvalue weighted by Crippen LogP contribution is 2.27. The Kier molecular flexibility index (Phi) is 8.02. The monoisotopic (exact) mass is 489 g/mol. The molecular weight excluding hydrogens is 454 g/mol. The number of sulfonamides is 1. The summed E-state index contributed by atoms with van der Waals surface area (Å²) in [6.45, 7) is 10.2. The van der Waals surface area contributed by atoms with Crippen molar-refractivity contribution >= 4 is 15.9 Å². The molecule has 2 aliphatic rings. The Morgan fingerprint density at radius 2 is 1.79 bits per heavy atom. The summed E-state index contributed by atoms with van der Waals surface area (Å²) < 4.78 is 32.7. The number of rotatable bonds is 8. The molecule has 1 atom stereocenters. The molecule has 4 rings (SSSR count). The van der Waals surface area contributed by atoms with Gasteiger partial charge in [0.05, 0.1) is 5.92 Å². The second-order valence-electron chi connectivity index (χ2n) is 9.25. The van der Waals surface area contributed by atoms with E-state index in [1.807, 2.05) is 6.07 Å². The topological polar surface area (TPSA) is 99.0 Å². The molecule has 0 bridgehead atoms. The number of nitrogens with one attached hydrogen (secondary N) is 1. The molecule has 2 aromatic rings. The van der Waals surface area contributed by atoms with Crippen LogP contribution in [0.1, 0.15) is 29.9 Å². The lowest BCUT2D eigenvalue weighted by molar-refractivity contribution is -0.126. The average molecular weight is 490 g/mol. The van der Waals surface area contributed by atoms with Crippen LogP contribution >= 0.6 is 0 Å². The average Bonchev–Trinajstić information content (AvgIpc) is 3.19. The zero-order valence-corrected chi connectivity index (χ0v) is 20.9. The number of nitrogens with zero attached hydrogens (tertiary/aromatic N) is 4. The van der Waals surface area contributed by atoms with Gasteiger partial charge in [-0.3, -0.25) is 14.6 Å². The number of amides is 1. The van der Waals surface area contributed by atoms with Gasteiger partial charge in [-0.1, -0.05) is 35.5 Å². The van der Waals surface area contributed by atoms with Gasteiger partial charge in [0, 0.05) is 58.9 Å². The van der Waals surface area contributed by atoms with E-state index in [1.54, 1.807) is 13.8 Å². The van der Waals surface area contributed by atoms with E-state index in [2.05, 4.69) is 44.5 Å². The van der Waals surface area contributed by atoms with Gasteiger partial charge in [-0.05, 0) is 32.3 Å². The smallest absolute Gasteiger partial charge is 0.248 e. The SMILES string of the molecule is Cc1noc(C)c1S(=O)(=O)N1CCCC(C(=O)NCCN2CCN(Cc3ccccc3)CC2)C1. The van der Waals surface area contributed by atoms with E-state index in [-0.39, 0.29) is 29.0 Å². The lowest BCUT2D eigenvalue weighted by Gasteiger charge is -2.35. The van der Waals surface area contributed by atoms with E-state index >= 15 is 0 Å². The fraction of sp³-hybridized carbons (Fsp3) is 0.583. The lowest BCUT2D eigenvalue weighted by Crippen LogP contribution is -2.49. The predicted molar refractivity (Wildman–Crippen MR) is 129 cm³/mol. The Bertz CT molecular complexity index is 1040. The predicted octanol–water partition coefficient (Wildman–Crippen LogP) is 1.63. The first kappa shape index (κ1) is 24.8. The summed E-state index contributed by atoms with van der Waals surface area (Å²) in [6.07, 6.45) is 1.35. The minimum absolute atomic E-state index is 0.0682. The maximum atomic E-state index is 13.1. The van der Waals surface area contributed by atoms with Crippen LogP contribution in [0.15, 0.2) is 39.8 Å². The standard InChI is InChI=1S/C24H35N5O4S/c1-19-23(20(2)33-26-19)34(31,32)29-11-6-9-22(18-29)24(30)25-10-12-27-13-15-28(16-14-27)17-21-7-4-3-5-8-21/h3-5,7-8,22H,6,9-18H2,1-2H3,(H,25,30). The van der Waals surface area contributed by atoms with Crippen molar-refractivity contribution in [2.45, 2.75) is 38.1 Å². The molecule has 3 heterocycles. The molecule has 1 N–H and O–H groups in total. The van der Waals surface area contributed by atoms with Gasteiger partial charge in [0.15, 0.2) is 5.76 Å². The fourth-order valence-corrected chi connectivity index (χ4v) is 6.66. The largest absolute Gasteiger partial charge is 0.360 e. The Balaban J connectivity index is 1.21. The molecular formula is C24H35N5O4S. The van der Waals surface area contributed by atoms with Crippen LogP contribution in [0.2, 0.25) is 0 Å². The molecule has 10 heteroatoms. The fourth-order valence-electron chi connectivity index (χ4n) is 4.84. The third-order valence-corrected chi connectivity index (χ3v) is 8.87. The molecule has 2 aliphatic heterocycles. The van der Waals surface area contributed by atoms with Gasteiger partial charge in [-0.25, -0.2) is 8.42 Å². The number of carbonyl (C=O) groups is 1. The second kappa shape index (κ2) is 11.0. The number of aryl methyl sites for hydroxylation is 2. The van der Waals surface area contributed by atoms with Crippen molar-refractivity contribution in [3.05, 3.63) is 47.3 Å². The van der Waals surface area contributed by atoms with E-state index in [0.29, 0.717) is 31.6 Å². The highest BCUT2D eigenvalue weighted by Gasteiger charge is 2.36. The minimum atomic E-state index is -3.73. The van der Waals surface area contributed by atoms with Gasteiger partial charge in [0.1, 0.15) is 10.6 Å². The van der Waals surface area contributed by atoms with Crippen molar-refractivity contribution in [2.75, 3.05) is 52.4 Å². The van der Waals surface area contributed by atoms with Crippen LogP contribution in [0.5, 0.6) is 0 Å². The Labute approximate surface area is 202 Å². The van der Waals surface area contributed by atoms with Crippen LogP contribution in [0.3, 0.4) is 0 Å². The molecule has 0 spiro atoms. The number of benzene rings is 1. The molecule has 0 aliphatic carbocycles. The molecule has 1 aromatic carbocycles. The van der Waals surface area contributed by atoms with Crippen molar-refractivity contribution in [3.8, 4) is 0 Å². The van der Waals surface area contributed by atoms with E-state index in [1.165, 1.54) is 9.87 Å². The van der Waals surface area contributed by atoms with E-state index in [9.17, 15) is 13.2 Å². The summed E-state index contributed by atoms with van der Waals surface area (Å²) in [6, 6.07) is 10.5. The molecule has 2 saturated heterocycles. The second-order valence-corrected chi connectivity index (χ2v) is 11.1. The Morgan fingerprint density at radius 3 is 2.47 bits per heavy atom. The van der Waals surface area contributed by atoms with Gasteiger partial charge in [0.25, 0.3) is 0 Å². The van der Waals surface area contributed by atoms with E-state index in [0.717, 1.165) is 39.3 Å². The normalized spacial score (nSPS) is 20.9. The molecule has 9 nitrogen and oxygen atoms in total. The lowest BCUT2D eigenvalue weighted by atomic mass is 9.99. The van der Waals surface area contributed by atoms with Crippen molar-refractivity contribution < 1.29 is 17.7 Å². The Morgan fingerprint density at radius 1 is 1.09 bits per heavy atom. The van der Waals surface area contributed by atoms with E-state index < -0.39 is 10.0 Å². The highest BCUT2D eigenvalue weighted by atomic mass is 32.2. The molecule has 2 fully saturated rings. The molecule has 1 aromatic heterocycles. The van der Waals surface area contributed by atoms with Crippen LogP contribution in [0.4, 0.5) is 0 Å². The quantitative estimate of drug-likeness (QED) is 0.602.